The molecule has 1 aliphatic carbocycles. The van der Waals surface area contributed by atoms with Gasteiger partial charge in [-0.3, -0.25) is 4.90 Å². The van der Waals surface area contributed by atoms with Gasteiger partial charge in [-0.2, -0.15) is 0 Å². The van der Waals surface area contributed by atoms with Crippen molar-refractivity contribution < 1.29 is 4.42 Å². The lowest BCUT2D eigenvalue weighted by Gasteiger charge is -2.45. The number of likely N-dealkylation sites (tertiary alicyclic amines) is 2. The van der Waals surface area contributed by atoms with Gasteiger partial charge in [0.15, 0.2) is 0 Å². The van der Waals surface area contributed by atoms with Crippen molar-refractivity contribution in [3.8, 4) is 0 Å². The highest BCUT2D eigenvalue weighted by Crippen LogP contribution is 2.37. The summed E-state index contributed by atoms with van der Waals surface area (Å²) in [5.74, 6) is 2.82. The molecule has 0 bridgehead atoms. The van der Waals surface area contributed by atoms with Gasteiger partial charge in [0.05, 0.1) is 5.92 Å². The van der Waals surface area contributed by atoms with Crippen molar-refractivity contribution in [2.24, 2.45) is 0 Å². The van der Waals surface area contributed by atoms with Crippen LogP contribution in [0.3, 0.4) is 0 Å². The van der Waals surface area contributed by atoms with Crippen molar-refractivity contribution in [2.75, 3.05) is 33.2 Å². The third kappa shape index (κ3) is 2.27. The van der Waals surface area contributed by atoms with Crippen molar-refractivity contribution in [3.05, 3.63) is 11.8 Å². The number of aromatic nitrogens is 2. The molecular formula is C15H24N4O. The second-order valence-corrected chi connectivity index (χ2v) is 6.79. The van der Waals surface area contributed by atoms with E-state index in [4.69, 9.17) is 4.42 Å². The molecule has 2 saturated heterocycles. The molecule has 0 amide bonds. The Morgan fingerprint density at radius 3 is 2.20 bits per heavy atom. The van der Waals surface area contributed by atoms with E-state index in [2.05, 4.69) is 27.0 Å². The molecular weight excluding hydrogens is 252 g/mol. The maximum atomic E-state index is 5.89. The molecule has 3 heterocycles. The zero-order valence-electron chi connectivity index (χ0n) is 12.3. The van der Waals surface area contributed by atoms with Gasteiger partial charge in [0.1, 0.15) is 0 Å². The van der Waals surface area contributed by atoms with Gasteiger partial charge in [-0.25, -0.2) is 0 Å². The summed E-state index contributed by atoms with van der Waals surface area (Å²) in [5.41, 5.74) is 0. The van der Waals surface area contributed by atoms with Crippen molar-refractivity contribution in [1.82, 2.24) is 20.0 Å². The van der Waals surface area contributed by atoms with Crippen LogP contribution >= 0.6 is 0 Å². The lowest BCUT2D eigenvalue weighted by molar-refractivity contribution is 0.0434. The third-order valence-electron chi connectivity index (χ3n) is 5.37. The van der Waals surface area contributed by atoms with Crippen molar-refractivity contribution in [1.29, 1.82) is 0 Å². The first-order valence-electron chi connectivity index (χ1n) is 8.05. The predicted molar refractivity (Wildman–Crippen MR) is 75.7 cm³/mol. The normalized spacial score (nSPS) is 27.4. The van der Waals surface area contributed by atoms with Crippen LogP contribution in [0.1, 0.15) is 55.7 Å². The van der Waals surface area contributed by atoms with E-state index in [1.54, 1.807) is 0 Å². The summed E-state index contributed by atoms with van der Waals surface area (Å²) < 4.78 is 5.89. The molecule has 0 N–H and O–H groups in total. The molecule has 1 aromatic rings. The molecule has 0 radical (unpaired) electrons. The lowest BCUT2D eigenvalue weighted by atomic mass is 9.85. The second-order valence-electron chi connectivity index (χ2n) is 6.79. The Bertz CT molecular complexity index is 456. The van der Waals surface area contributed by atoms with Gasteiger partial charge in [0.25, 0.3) is 0 Å². The Labute approximate surface area is 120 Å². The van der Waals surface area contributed by atoms with Gasteiger partial charge >= 0.3 is 0 Å². The summed E-state index contributed by atoms with van der Waals surface area (Å²) in [7, 11) is 2.22. The fraction of sp³-hybridized carbons (Fsp3) is 0.867. The van der Waals surface area contributed by atoms with Crippen LogP contribution < -0.4 is 0 Å². The maximum absolute atomic E-state index is 5.89. The number of hydrogen-bond donors (Lipinski definition) is 0. The number of rotatable bonds is 3. The highest BCUT2D eigenvalue weighted by Gasteiger charge is 2.38. The topological polar surface area (TPSA) is 45.4 Å². The molecule has 0 unspecified atom stereocenters. The predicted octanol–water partition coefficient (Wildman–Crippen LogP) is 1.83. The van der Waals surface area contributed by atoms with Crippen LogP contribution in [0.15, 0.2) is 4.42 Å². The highest BCUT2D eigenvalue weighted by molar-refractivity contribution is 5.05. The molecule has 5 nitrogen and oxygen atoms in total. The molecule has 1 aromatic heterocycles. The molecule has 5 heteroatoms. The Hall–Kier alpha value is -0.940. The van der Waals surface area contributed by atoms with Gasteiger partial charge in [-0.15, -0.1) is 10.2 Å². The zero-order valence-corrected chi connectivity index (χ0v) is 12.3. The van der Waals surface area contributed by atoms with Crippen molar-refractivity contribution in [3.63, 3.8) is 0 Å². The fourth-order valence-electron chi connectivity index (χ4n) is 3.56. The molecule has 1 saturated carbocycles. The average molecular weight is 276 g/mol. The summed E-state index contributed by atoms with van der Waals surface area (Å²) in [5, 5.41) is 8.53. The third-order valence-corrected chi connectivity index (χ3v) is 5.37. The smallest absolute Gasteiger partial charge is 0.222 e. The average Bonchev–Trinajstić information content (AvgIpc) is 2.76. The van der Waals surface area contributed by atoms with Gasteiger partial charge in [-0.1, -0.05) is 6.42 Å². The van der Waals surface area contributed by atoms with E-state index in [1.807, 2.05) is 0 Å². The molecule has 4 rings (SSSR count). The van der Waals surface area contributed by atoms with E-state index in [0.717, 1.165) is 30.9 Å². The van der Waals surface area contributed by atoms with E-state index in [-0.39, 0.29) is 0 Å². The summed E-state index contributed by atoms with van der Waals surface area (Å²) in [6.45, 7) is 4.69. The minimum atomic E-state index is 0.482. The molecule has 2 aliphatic heterocycles. The van der Waals surface area contributed by atoms with Crippen molar-refractivity contribution >= 4 is 0 Å². The largest absolute Gasteiger partial charge is 0.425 e. The van der Waals surface area contributed by atoms with E-state index in [0.29, 0.717) is 11.8 Å². The van der Waals surface area contributed by atoms with E-state index in [9.17, 15) is 0 Å². The molecule has 3 fully saturated rings. The molecule has 110 valence electrons. The number of nitrogens with zero attached hydrogens (tertiary/aromatic N) is 4. The van der Waals surface area contributed by atoms with Gasteiger partial charge in [-0.05, 0) is 45.8 Å². The highest BCUT2D eigenvalue weighted by atomic mass is 16.4. The van der Waals surface area contributed by atoms with Crippen LogP contribution in [0, 0.1) is 0 Å². The first kappa shape index (κ1) is 12.8. The number of piperidine rings is 1. The van der Waals surface area contributed by atoms with Crippen LogP contribution in [0.5, 0.6) is 0 Å². The van der Waals surface area contributed by atoms with Crippen LogP contribution in [0.4, 0.5) is 0 Å². The maximum Gasteiger partial charge on any atom is 0.222 e. The van der Waals surface area contributed by atoms with Gasteiger partial charge < -0.3 is 9.32 Å². The molecule has 0 aromatic carbocycles. The van der Waals surface area contributed by atoms with Crippen LogP contribution in [-0.4, -0.2) is 59.3 Å². The summed E-state index contributed by atoms with van der Waals surface area (Å²) in [6.07, 6.45) is 6.39. The van der Waals surface area contributed by atoms with Gasteiger partial charge in [0, 0.05) is 25.0 Å². The Balaban J connectivity index is 1.31. The van der Waals surface area contributed by atoms with Crippen LogP contribution in [0.25, 0.3) is 0 Å². The lowest BCUT2D eigenvalue weighted by Crippen LogP contribution is -2.53. The Morgan fingerprint density at radius 1 is 0.950 bits per heavy atom. The molecule has 0 atom stereocenters. The quantitative estimate of drug-likeness (QED) is 0.843. The Kier molecular flexibility index (Phi) is 3.27. The minimum Gasteiger partial charge on any atom is -0.425 e. The van der Waals surface area contributed by atoms with Crippen LogP contribution in [0.2, 0.25) is 0 Å². The second kappa shape index (κ2) is 5.11. The number of hydrogen-bond acceptors (Lipinski definition) is 5. The van der Waals surface area contributed by atoms with Crippen molar-refractivity contribution in [2.45, 2.75) is 50.0 Å². The zero-order chi connectivity index (χ0) is 13.5. The monoisotopic (exact) mass is 276 g/mol. The molecule has 0 spiro atoms. The summed E-state index contributed by atoms with van der Waals surface area (Å²) in [4.78, 5) is 5.03. The van der Waals surface area contributed by atoms with Crippen LogP contribution in [-0.2, 0) is 0 Å². The van der Waals surface area contributed by atoms with E-state index < -0.39 is 0 Å². The molecule has 3 aliphatic rings. The molecule has 20 heavy (non-hydrogen) atoms. The Morgan fingerprint density at radius 2 is 1.60 bits per heavy atom. The fourth-order valence-corrected chi connectivity index (χ4v) is 3.56. The first-order valence-corrected chi connectivity index (χ1v) is 8.05. The van der Waals surface area contributed by atoms with Gasteiger partial charge in [0.2, 0.25) is 11.8 Å². The summed E-state index contributed by atoms with van der Waals surface area (Å²) >= 11 is 0. The SMILES string of the molecule is CN1CCC(N2CC(c3nnc(C4CCC4)o3)C2)CC1. The van der Waals surface area contributed by atoms with E-state index in [1.165, 1.54) is 45.2 Å². The van der Waals surface area contributed by atoms with E-state index >= 15 is 0 Å². The summed E-state index contributed by atoms with van der Waals surface area (Å²) in [6, 6.07) is 0.775. The standard InChI is InChI=1S/C15H24N4O/c1-18-7-5-13(6-8-18)19-9-12(10-19)15-17-16-14(20-15)11-3-2-4-11/h11-13H,2-10H2,1H3. The minimum absolute atomic E-state index is 0.482. The first-order chi connectivity index (χ1) is 9.79.